The summed E-state index contributed by atoms with van der Waals surface area (Å²) in [6, 6.07) is 7.25. The number of carbonyl (C=O) groups excluding carboxylic acids is 2. The predicted octanol–water partition coefficient (Wildman–Crippen LogP) is 3.15. The Bertz CT molecular complexity index is 769. The molecule has 0 fully saturated rings. The third-order valence-corrected chi connectivity index (χ3v) is 4.75. The molecule has 120 valence electrons. The Morgan fingerprint density at radius 3 is 2.91 bits per heavy atom. The molecule has 1 unspecified atom stereocenters. The highest BCUT2D eigenvalue weighted by Crippen LogP contribution is 2.36. The lowest BCUT2D eigenvalue weighted by Gasteiger charge is -2.21. The van der Waals surface area contributed by atoms with Crippen LogP contribution >= 0.6 is 11.8 Å². The topological polar surface area (TPSA) is 76.0 Å². The first-order valence-electron chi connectivity index (χ1n) is 7.42. The van der Waals surface area contributed by atoms with E-state index in [1.807, 2.05) is 26.8 Å². The van der Waals surface area contributed by atoms with E-state index in [4.69, 9.17) is 0 Å². The monoisotopic (exact) mass is 330 g/mol. The zero-order chi connectivity index (χ0) is 16.6. The van der Waals surface area contributed by atoms with Gasteiger partial charge in [0.1, 0.15) is 5.82 Å². The average molecular weight is 330 g/mol. The summed E-state index contributed by atoms with van der Waals surface area (Å²) in [5.74, 6) is 0.376. The van der Waals surface area contributed by atoms with Gasteiger partial charge in [0, 0.05) is 22.6 Å². The molecule has 3 rings (SSSR count). The maximum absolute atomic E-state index is 12.4. The number of fused-ring (bicyclic) bond motifs is 1. The Morgan fingerprint density at radius 1 is 1.39 bits per heavy atom. The van der Waals surface area contributed by atoms with Crippen molar-refractivity contribution in [1.29, 1.82) is 0 Å². The van der Waals surface area contributed by atoms with Gasteiger partial charge in [0.15, 0.2) is 0 Å². The molecular weight excluding hydrogens is 312 g/mol. The first-order valence-corrected chi connectivity index (χ1v) is 8.30. The molecule has 1 aromatic carbocycles. The van der Waals surface area contributed by atoms with Crippen molar-refractivity contribution in [2.45, 2.75) is 37.0 Å². The SMILES string of the molecule is CC1Sc2ccc(C(=O)Nc3ccnn3C(C)C)cc2NC1=O. The Labute approximate surface area is 138 Å². The van der Waals surface area contributed by atoms with Crippen LogP contribution in [0.4, 0.5) is 11.5 Å². The van der Waals surface area contributed by atoms with Crippen LogP contribution < -0.4 is 10.6 Å². The second-order valence-electron chi connectivity index (χ2n) is 5.67. The molecule has 0 saturated heterocycles. The molecule has 0 bridgehead atoms. The molecule has 0 saturated carbocycles. The minimum atomic E-state index is -0.229. The fraction of sp³-hybridized carbons (Fsp3) is 0.312. The number of rotatable bonds is 3. The molecule has 1 aliphatic heterocycles. The zero-order valence-electron chi connectivity index (χ0n) is 13.2. The number of hydrogen-bond donors (Lipinski definition) is 2. The molecule has 2 amide bonds. The van der Waals surface area contributed by atoms with Crippen molar-refractivity contribution >= 4 is 35.1 Å². The maximum Gasteiger partial charge on any atom is 0.256 e. The van der Waals surface area contributed by atoms with Crippen LogP contribution in [0, 0.1) is 0 Å². The van der Waals surface area contributed by atoms with Crippen LogP contribution in [0.3, 0.4) is 0 Å². The van der Waals surface area contributed by atoms with Crippen LogP contribution in [0.2, 0.25) is 0 Å². The lowest BCUT2D eigenvalue weighted by Crippen LogP contribution is -2.26. The van der Waals surface area contributed by atoms with Crippen LogP contribution in [-0.4, -0.2) is 26.8 Å². The summed E-state index contributed by atoms with van der Waals surface area (Å²) in [5, 5.41) is 9.76. The van der Waals surface area contributed by atoms with Crippen molar-refractivity contribution in [3.05, 3.63) is 36.0 Å². The second kappa shape index (κ2) is 6.08. The highest BCUT2D eigenvalue weighted by atomic mass is 32.2. The lowest BCUT2D eigenvalue weighted by atomic mass is 10.1. The predicted molar refractivity (Wildman–Crippen MR) is 91.0 cm³/mol. The van der Waals surface area contributed by atoms with E-state index >= 15 is 0 Å². The van der Waals surface area contributed by atoms with Crippen molar-refractivity contribution < 1.29 is 9.59 Å². The molecule has 1 aromatic heterocycles. The van der Waals surface area contributed by atoms with Crippen molar-refractivity contribution in [3.8, 4) is 0 Å². The van der Waals surface area contributed by atoms with Crippen molar-refractivity contribution in [1.82, 2.24) is 9.78 Å². The van der Waals surface area contributed by atoms with Gasteiger partial charge in [0.05, 0.1) is 17.1 Å². The standard InChI is InChI=1S/C16H18N4O2S/c1-9(2)20-14(6-7-17-20)19-16(22)11-4-5-13-12(8-11)18-15(21)10(3)23-13/h4-10H,1-3H3,(H,18,21)(H,19,22). The Morgan fingerprint density at radius 2 is 2.17 bits per heavy atom. The highest BCUT2D eigenvalue weighted by Gasteiger charge is 2.24. The van der Waals surface area contributed by atoms with Gasteiger partial charge in [-0.05, 0) is 39.0 Å². The molecule has 23 heavy (non-hydrogen) atoms. The van der Waals surface area contributed by atoms with Gasteiger partial charge in [0.2, 0.25) is 5.91 Å². The van der Waals surface area contributed by atoms with E-state index in [1.165, 1.54) is 11.8 Å². The van der Waals surface area contributed by atoms with Crippen LogP contribution in [-0.2, 0) is 4.79 Å². The molecule has 2 N–H and O–H groups in total. The maximum atomic E-state index is 12.4. The number of carbonyl (C=O) groups is 2. The van der Waals surface area contributed by atoms with Crippen molar-refractivity contribution in [3.63, 3.8) is 0 Å². The molecule has 2 aromatic rings. The van der Waals surface area contributed by atoms with E-state index in [0.29, 0.717) is 17.1 Å². The van der Waals surface area contributed by atoms with Gasteiger partial charge in [-0.15, -0.1) is 11.8 Å². The van der Waals surface area contributed by atoms with Crippen LogP contribution in [0.1, 0.15) is 37.2 Å². The number of thioether (sulfide) groups is 1. The second-order valence-corrected chi connectivity index (χ2v) is 7.05. The van der Waals surface area contributed by atoms with Crippen LogP contribution in [0.15, 0.2) is 35.4 Å². The number of amides is 2. The molecule has 7 heteroatoms. The minimum absolute atomic E-state index is 0.0436. The van der Waals surface area contributed by atoms with E-state index in [1.54, 1.807) is 29.1 Å². The Balaban J connectivity index is 1.82. The molecule has 0 spiro atoms. The van der Waals surface area contributed by atoms with Crippen molar-refractivity contribution in [2.24, 2.45) is 0 Å². The van der Waals surface area contributed by atoms with Gasteiger partial charge >= 0.3 is 0 Å². The van der Waals surface area contributed by atoms with Gasteiger partial charge in [0.25, 0.3) is 5.91 Å². The summed E-state index contributed by atoms with van der Waals surface area (Å²) in [5.41, 5.74) is 1.18. The first kappa shape index (κ1) is 15.6. The molecule has 1 atom stereocenters. The smallest absolute Gasteiger partial charge is 0.256 e. The Hall–Kier alpha value is -2.28. The quantitative estimate of drug-likeness (QED) is 0.906. The fourth-order valence-corrected chi connectivity index (χ4v) is 3.29. The number of nitrogens with one attached hydrogen (secondary N) is 2. The van der Waals surface area contributed by atoms with E-state index in [-0.39, 0.29) is 23.1 Å². The number of benzene rings is 1. The summed E-state index contributed by atoms with van der Waals surface area (Å²) in [4.78, 5) is 25.2. The summed E-state index contributed by atoms with van der Waals surface area (Å²) in [6.45, 7) is 5.85. The van der Waals surface area contributed by atoms with Gasteiger partial charge in [-0.1, -0.05) is 0 Å². The lowest BCUT2D eigenvalue weighted by molar-refractivity contribution is -0.115. The van der Waals surface area contributed by atoms with E-state index in [9.17, 15) is 9.59 Å². The van der Waals surface area contributed by atoms with Gasteiger partial charge < -0.3 is 10.6 Å². The van der Waals surface area contributed by atoms with Crippen molar-refractivity contribution in [2.75, 3.05) is 10.6 Å². The molecule has 1 aliphatic rings. The van der Waals surface area contributed by atoms with E-state index < -0.39 is 0 Å². The number of hydrogen-bond acceptors (Lipinski definition) is 4. The van der Waals surface area contributed by atoms with Gasteiger partial charge in [-0.3, -0.25) is 9.59 Å². The summed E-state index contributed by atoms with van der Waals surface area (Å²) < 4.78 is 1.75. The highest BCUT2D eigenvalue weighted by molar-refractivity contribution is 8.00. The average Bonchev–Trinajstić information content (AvgIpc) is 2.96. The van der Waals surface area contributed by atoms with E-state index in [0.717, 1.165) is 4.90 Å². The molecule has 6 nitrogen and oxygen atoms in total. The molecule has 0 radical (unpaired) electrons. The summed E-state index contributed by atoms with van der Waals surface area (Å²) >= 11 is 1.49. The summed E-state index contributed by atoms with van der Waals surface area (Å²) in [7, 11) is 0. The first-order chi connectivity index (χ1) is 11.0. The number of nitrogens with zero attached hydrogens (tertiary/aromatic N) is 2. The largest absolute Gasteiger partial charge is 0.324 e. The third kappa shape index (κ3) is 3.10. The normalized spacial score (nSPS) is 16.9. The van der Waals surface area contributed by atoms with Gasteiger partial charge in [-0.25, -0.2) is 4.68 Å². The molecule has 2 heterocycles. The third-order valence-electron chi connectivity index (χ3n) is 3.57. The minimum Gasteiger partial charge on any atom is -0.324 e. The van der Waals surface area contributed by atoms with Crippen LogP contribution in [0.5, 0.6) is 0 Å². The zero-order valence-corrected chi connectivity index (χ0v) is 14.0. The van der Waals surface area contributed by atoms with Gasteiger partial charge in [-0.2, -0.15) is 5.10 Å². The fourth-order valence-electron chi connectivity index (χ4n) is 2.36. The molecular formula is C16H18N4O2S. The number of anilines is 2. The van der Waals surface area contributed by atoms with E-state index in [2.05, 4.69) is 15.7 Å². The summed E-state index contributed by atoms with van der Waals surface area (Å²) in [6.07, 6.45) is 1.65. The molecule has 0 aliphatic carbocycles. The Kier molecular flexibility index (Phi) is 4.12. The van der Waals surface area contributed by atoms with Crippen LogP contribution in [0.25, 0.3) is 0 Å². The number of aromatic nitrogens is 2.